The van der Waals surface area contributed by atoms with E-state index in [1.165, 1.54) is 5.57 Å². The molecule has 8 heavy (non-hydrogen) atoms. The van der Waals surface area contributed by atoms with Gasteiger partial charge in [-0.3, -0.25) is 0 Å². The van der Waals surface area contributed by atoms with Gasteiger partial charge in [-0.2, -0.15) is 0 Å². The zero-order chi connectivity index (χ0) is 6.15. The molecule has 0 aromatic rings. The quantitative estimate of drug-likeness (QED) is 0.481. The molecule has 0 aromatic heterocycles. The topological polar surface area (TPSA) is 0 Å². The van der Waals surface area contributed by atoms with E-state index in [2.05, 4.69) is 26.8 Å². The number of hydrogen-bond acceptors (Lipinski definition) is 0. The summed E-state index contributed by atoms with van der Waals surface area (Å²) in [6.07, 6.45) is 2.30. The van der Waals surface area contributed by atoms with Gasteiger partial charge in [0, 0.05) is 0 Å². The van der Waals surface area contributed by atoms with Gasteiger partial charge in [-0.15, -0.1) is 0 Å². The Labute approximate surface area is 57.2 Å². The van der Waals surface area contributed by atoms with Gasteiger partial charge >= 0.3 is 56.7 Å². The van der Waals surface area contributed by atoms with Crippen molar-refractivity contribution in [2.45, 2.75) is 20.8 Å². The summed E-state index contributed by atoms with van der Waals surface area (Å²) < 4.78 is 3.22. The number of hydrogen-bond donors (Lipinski definition) is 0. The summed E-state index contributed by atoms with van der Waals surface area (Å²) in [5.74, 6) is 0. The van der Waals surface area contributed by atoms with E-state index >= 15 is 0 Å². The Morgan fingerprint density at radius 3 is 2.00 bits per heavy atom. The Balaban J connectivity index is 2.78. The van der Waals surface area contributed by atoms with Crippen molar-refractivity contribution in [2.24, 2.45) is 0 Å². The van der Waals surface area contributed by atoms with Crippen molar-refractivity contribution < 1.29 is 0 Å². The first kappa shape index (κ1) is 6.29. The molecule has 0 spiro atoms. The monoisotopic (exact) mass is 169 g/mol. The van der Waals surface area contributed by atoms with E-state index in [4.69, 9.17) is 0 Å². The summed E-state index contributed by atoms with van der Waals surface area (Å²) in [5, 5.41) is 0. The minimum absolute atomic E-state index is 0.448. The fourth-order valence-electron chi connectivity index (χ4n) is 0.803. The van der Waals surface area contributed by atoms with Crippen molar-refractivity contribution in [3.05, 3.63) is 16.4 Å². The maximum atomic E-state index is 2.30. The van der Waals surface area contributed by atoms with Gasteiger partial charge in [-0.05, 0) is 0 Å². The minimum atomic E-state index is 0.448. The Hall–Kier alpha value is 0.168. The van der Waals surface area contributed by atoms with E-state index in [9.17, 15) is 0 Å². The number of rotatable bonds is 0. The SMILES string of the molecule is C[C]1[As]=C(C)C=C1C. The van der Waals surface area contributed by atoms with Crippen LogP contribution in [-0.2, 0) is 0 Å². The van der Waals surface area contributed by atoms with E-state index in [1.807, 2.05) is 0 Å². The van der Waals surface area contributed by atoms with Crippen molar-refractivity contribution in [3.8, 4) is 0 Å². The van der Waals surface area contributed by atoms with Crippen LogP contribution in [-0.4, -0.2) is 19.6 Å². The first-order valence-corrected chi connectivity index (χ1v) is 4.65. The molecule has 1 aliphatic rings. The Morgan fingerprint density at radius 2 is 1.88 bits per heavy atom. The molecule has 0 bridgehead atoms. The summed E-state index contributed by atoms with van der Waals surface area (Å²) in [5.41, 5.74) is 1.50. The van der Waals surface area contributed by atoms with Crippen molar-refractivity contribution in [1.29, 1.82) is 0 Å². The van der Waals surface area contributed by atoms with E-state index in [-0.39, 0.29) is 0 Å². The Morgan fingerprint density at radius 1 is 1.25 bits per heavy atom. The molecule has 1 aliphatic heterocycles. The third-order valence-corrected chi connectivity index (χ3v) is 3.79. The molecular weight excluding hydrogens is 159 g/mol. The molecular formula is C7H10As. The van der Waals surface area contributed by atoms with Crippen LogP contribution in [0.1, 0.15) is 20.8 Å². The molecule has 1 heterocycles. The van der Waals surface area contributed by atoms with Crippen LogP contribution in [0, 0.1) is 4.71 Å². The van der Waals surface area contributed by atoms with Crippen LogP contribution < -0.4 is 0 Å². The molecule has 0 N–H and O–H groups in total. The predicted molar refractivity (Wildman–Crippen MR) is 39.1 cm³/mol. The fourth-order valence-corrected chi connectivity index (χ4v) is 2.96. The van der Waals surface area contributed by atoms with Crippen LogP contribution in [0.3, 0.4) is 0 Å². The predicted octanol–water partition coefficient (Wildman–Crippen LogP) is 1.39. The van der Waals surface area contributed by atoms with Crippen LogP contribution in [0.5, 0.6) is 0 Å². The maximum absolute atomic E-state index is 2.30. The van der Waals surface area contributed by atoms with Crippen molar-refractivity contribution in [1.82, 2.24) is 0 Å². The molecule has 1 rings (SSSR count). The fraction of sp³-hybridized carbons (Fsp3) is 0.429. The average Bonchev–Trinajstić information content (AvgIpc) is 1.85. The molecule has 0 aromatic carbocycles. The summed E-state index contributed by atoms with van der Waals surface area (Å²) >= 11 is 0.448. The van der Waals surface area contributed by atoms with E-state index in [0.29, 0.717) is 15.3 Å². The Bertz CT molecular complexity index is 154. The second-order valence-corrected chi connectivity index (χ2v) is 5.52. The zero-order valence-corrected chi connectivity index (χ0v) is 7.40. The summed E-state index contributed by atoms with van der Waals surface area (Å²) in [6, 6.07) is 0. The van der Waals surface area contributed by atoms with Gasteiger partial charge in [-0.25, -0.2) is 0 Å². The first-order valence-electron chi connectivity index (χ1n) is 2.77. The summed E-state index contributed by atoms with van der Waals surface area (Å²) in [4.78, 5) is 0. The summed E-state index contributed by atoms with van der Waals surface area (Å²) in [7, 11) is 0. The standard InChI is InChI=1S/C7H10As/c1-5-4-6(2)8-7(5)3/h4H,1-3H3. The van der Waals surface area contributed by atoms with Gasteiger partial charge in [-0.1, -0.05) is 0 Å². The van der Waals surface area contributed by atoms with Crippen molar-refractivity contribution >= 4 is 19.6 Å². The molecule has 0 fully saturated rings. The molecule has 0 aliphatic carbocycles. The third-order valence-electron chi connectivity index (χ3n) is 1.34. The van der Waals surface area contributed by atoms with Crippen molar-refractivity contribution in [2.75, 3.05) is 0 Å². The molecule has 1 heteroatoms. The van der Waals surface area contributed by atoms with Gasteiger partial charge in [0.05, 0.1) is 0 Å². The van der Waals surface area contributed by atoms with Crippen LogP contribution in [0.4, 0.5) is 0 Å². The molecule has 0 nitrogen and oxygen atoms in total. The second kappa shape index (κ2) is 2.19. The molecule has 0 saturated carbocycles. The second-order valence-electron chi connectivity index (χ2n) is 2.17. The molecule has 1 radical (unpaired) electrons. The van der Waals surface area contributed by atoms with Gasteiger partial charge in [0.15, 0.2) is 0 Å². The Kier molecular flexibility index (Phi) is 1.72. The molecule has 0 amide bonds. The van der Waals surface area contributed by atoms with Crippen LogP contribution in [0.25, 0.3) is 0 Å². The molecule has 0 saturated heterocycles. The zero-order valence-electron chi connectivity index (χ0n) is 5.52. The van der Waals surface area contributed by atoms with Crippen LogP contribution in [0.2, 0.25) is 0 Å². The van der Waals surface area contributed by atoms with Crippen molar-refractivity contribution in [3.63, 3.8) is 0 Å². The van der Waals surface area contributed by atoms with E-state index < -0.39 is 0 Å². The molecule has 0 unspecified atom stereocenters. The van der Waals surface area contributed by atoms with E-state index in [0.717, 1.165) is 0 Å². The van der Waals surface area contributed by atoms with Gasteiger partial charge in [0.25, 0.3) is 0 Å². The average molecular weight is 169 g/mol. The number of allylic oxidation sites excluding steroid dienone is 2. The summed E-state index contributed by atoms with van der Waals surface area (Å²) in [6.45, 7) is 6.66. The van der Waals surface area contributed by atoms with Crippen LogP contribution in [0.15, 0.2) is 11.6 Å². The van der Waals surface area contributed by atoms with Gasteiger partial charge in [0.2, 0.25) is 0 Å². The van der Waals surface area contributed by atoms with Gasteiger partial charge < -0.3 is 0 Å². The first-order chi connectivity index (χ1) is 3.70. The molecule has 43 valence electrons. The van der Waals surface area contributed by atoms with Crippen LogP contribution >= 0.6 is 0 Å². The van der Waals surface area contributed by atoms with Gasteiger partial charge in [0.1, 0.15) is 0 Å². The van der Waals surface area contributed by atoms with E-state index in [1.54, 1.807) is 9.01 Å². The molecule has 0 atom stereocenters. The normalized spacial score (nSPS) is 22.9. The third kappa shape index (κ3) is 1.11.